The van der Waals surface area contributed by atoms with Crippen molar-refractivity contribution >= 4 is 5.97 Å². The van der Waals surface area contributed by atoms with Crippen molar-refractivity contribution in [1.82, 2.24) is 0 Å². The van der Waals surface area contributed by atoms with Crippen molar-refractivity contribution in [1.29, 1.82) is 0 Å². The number of esters is 1. The first-order chi connectivity index (χ1) is 18.6. The summed E-state index contributed by atoms with van der Waals surface area (Å²) in [5.41, 5.74) is 2.60. The highest BCUT2D eigenvalue weighted by Crippen LogP contribution is 2.25. The van der Waals surface area contributed by atoms with Crippen molar-refractivity contribution in [3.8, 4) is 28.4 Å². The van der Waals surface area contributed by atoms with Crippen molar-refractivity contribution in [3.63, 3.8) is 0 Å². The van der Waals surface area contributed by atoms with E-state index in [1.165, 1.54) is 32.1 Å². The number of allylic oxidation sites excluding steroid dienone is 1. The molecule has 0 aromatic heterocycles. The van der Waals surface area contributed by atoms with E-state index < -0.39 is 0 Å². The summed E-state index contributed by atoms with van der Waals surface area (Å²) < 4.78 is 17.1. The van der Waals surface area contributed by atoms with Crippen LogP contribution in [0, 0.1) is 5.92 Å². The SMILES string of the molecule is CCCCCCC=COc1ccc(-c2ccc(OC(=O)c3ccc(OCCCC(C)CC)cc3)cc2)cc1. The minimum atomic E-state index is -0.388. The zero-order valence-corrected chi connectivity index (χ0v) is 23.2. The smallest absolute Gasteiger partial charge is 0.343 e. The summed E-state index contributed by atoms with van der Waals surface area (Å²) in [5, 5.41) is 0. The monoisotopic (exact) mass is 514 g/mol. The van der Waals surface area contributed by atoms with E-state index in [1.54, 1.807) is 18.4 Å². The maximum absolute atomic E-state index is 12.6. The number of benzene rings is 3. The quantitative estimate of drug-likeness (QED) is 0.0826. The number of unbranched alkanes of at least 4 members (excludes halogenated alkanes) is 4. The maximum atomic E-state index is 12.6. The Hall–Kier alpha value is -3.53. The van der Waals surface area contributed by atoms with E-state index in [1.807, 2.05) is 60.7 Å². The predicted molar refractivity (Wildman–Crippen MR) is 156 cm³/mol. The molecule has 0 fully saturated rings. The lowest BCUT2D eigenvalue weighted by molar-refractivity contribution is 0.0734. The first-order valence-corrected chi connectivity index (χ1v) is 14.1. The third-order valence-electron chi connectivity index (χ3n) is 6.67. The first-order valence-electron chi connectivity index (χ1n) is 14.1. The Morgan fingerprint density at radius 2 is 1.39 bits per heavy atom. The molecule has 3 aromatic carbocycles. The fourth-order valence-corrected chi connectivity index (χ4v) is 4.00. The molecule has 0 saturated carbocycles. The third kappa shape index (κ3) is 10.1. The zero-order valence-electron chi connectivity index (χ0n) is 23.2. The summed E-state index contributed by atoms with van der Waals surface area (Å²) in [6.07, 6.45) is 13.3. The molecule has 0 radical (unpaired) electrons. The lowest BCUT2D eigenvalue weighted by Gasteiger charge is -2.10. The van der Waals surface area contributed by atoms with Crippen LogP contribution in [-0.2, 0) is 0 Å². The van der Waals surface area contributed by atoms with Crippen LogP contribution in [0.2, 0.25) is 0 Å². The van der Waals surface area contributed by atoms with Gasteiger partial charge in [-0.25, -0.2) is 4.79 Å². The Labute approximate surface area is 228 Å². The van der Waals surface area contributed by atoms with Crippen LogP contribution >= 0.6 is 0 Å². The molecule has 0 aliphatic carbocycles. The standard InChI is InChI=1S/C34H42O4/c1-4-6-7-8-9-10-25-36-31-19-13-28(14-20-31)29-15-23-33(24-16-29)38-34(35)30-17-21-32(22-18-30)37-26-11-12-27(3)5-2/h10,13-25,27H,4-9,11-12,26H2,1-3H3. The van der Waals surface area contributed by atoms with Gasteiger partial charge in [0.1, 0.15) is 17.2 Å². The number of carbonyl (C=O) groups excluding carboxylic acids is 1. The van der Waals surface area contributed by atoms with Gasteiger partial charge < -0.3 is 14.2 Å². The number of carbonyl (C=O) groups is 1. The summed E-state index contributed by atoms with van der Waals surface area (Å²) in [6, 6.07) is 22.6. The molecule has 0 aliphatic rings. The normalized spacial score (nSPS) is 11.9. The molecule has 3 aromatic rings. The van der Waals surface area contributed by atoms with E-state index in [0.29, 0.717) is 17.9 Å². The second kappa shape index (κ2) is 16.3. The van der Waals surface area contributed by atoms with Crippen molar-refractivity contribution < 1.29 is 19.0 Å². The van der Waals surface area contributed by atoms with Gasteiger partial charge in [-0.05, 0) is 97.3 Å². The van der Waals surface area contributed by atoms with Gasteiger partial charge in [0.15, 0.2) is 0 Å². The molecule has 0 saturated heterocycles. The molecule has 3 rings (SSSR count). The highest BCUT2D eigenvalue weighted by molar-refractivity contribution is 5.91. The molecule has 0 bridgehead atoms. The number of hydrogen-bond donors (Lipinski definition) is 0. The molecular weight excluding hydrogens is 472 g/mol. The van der Waals surface area contributed by atoms with Crippen molar-refractivity contribution in [2.45, 2.75) is 72.1 Å². The molecule has 4 nitrogen and oxygen atoms in total. The van der Waals surface area contributed by atoms with Crippen LogP contribution in [0.5, 0.6) is 17.2 Å². The second-order valence-corrected chi connectivity index (χ2v) is 9.81. The van der Waals surface area contributed by atoms with Crippen LogP contribution in [0.3, 0.4) is 0 Å². The molecule has 1 atom stereocenters. The van der Waals surface area contributed by atoms with Crippen LogP contribution in [0.25, 0.3) is 11.1 Å². The average molecular weight is 515 g/mol. The Morgan fingerprint density at radius 1 is 0.763 bits per heavy atom. The summed E-state index contributed by atoms with van der Waals surface area (Å²) in [7, 11) is 0. The van der Waals surface area contributed by atoms with Gasteiger partial charge in [-0.1, -0.05) is 70.7 Å². The Morgan fingerprint density at radius 3 is 2.03 bits per heavy atom. The van der Waals surface area contributed by atoms with E-state index in [-0.39, 0.29) is 5.97 Å². The number of hydrogen-bond acceptors (Lipinski definition) is 4. The highest BCUT2D eigenvalue weighted by Gasteiger charge is 2.09. The number of ether oxygens (including phenoxy) is 3. The summed E-state index contributed by atoms with van der Waals surface area (Å²) in [4.78, 5) is 12.6. The summed E-state index contributed by atoms with van der Waals surface area (Å²) >= 11 is 0. The van der Waals surface area contributed by atoms with Crippen LogP contribution < -0.4 is 14.2 Å². The predicted octanol–water partition coefficient (Wildman–Crippen LogP) is 9.64. The molecule has 0 heterocycles. The van der Waals surface area contributed by atoms with Gasteiger partial charge in [-0.3, -0.25) is 0 Å². The lowest BCUT2D eigenvalue weighted by Crippen LogP contribution is -2.08. The van der Waals surface area contributed by atoms with Crippen LogP contribution in [0.4, 0.5) is 0 Å². The van der Waals surface area contributed by atoms with Crippen LogP contribution in [0.15, 0.2) is 85.1 Å². The van der Waals surface area contributed by atoms with Crippen LogP contribution in [-0.4, -0.2) is 12.6 Å². The fraction of sp³-hybridized carbons (Fsp3) is 0.382. The van der Waals surface area contributed by atoms with Gasteiger partial charge in [0.25, 0.3) is 0 Å². The van der Waals surface area contributed by atoms with E-state index in [4.69, 9.17) is 14.2 Å². The molecule has 1 unspecified atom stereocenters. The second-order valence-electron chi connectivity index (χ2n) is 9.81. The molecular formula is C34H42O4. The van der Waals surface area contributed by atoms with Gasteiger partial charge in [0.05, 0.1) is 18.4 Å². The highest BCUT2D eigenvalue weighted by atomic mass is 16.5. The molecule has 0 spiro atoms. The lowest BCUT2D eigenvalue weighted by atomic mass is 10.0. The van der Waals surface area contributed by atoms with E-state index in [2.05, 4.69) is 26.8 Å². The topological polar surface area (TPSA) is 44.8 Å². The Balaban J connectivity index is 1.44. The Kier molecular flexibility index (Phi) is 12.5. The number of rotatable bonds is 16. The van der Waals surface area contributed by atoms with Crippen molar-refractivity contribution in [2.24, 2.45) is 5.92 Å². The molecule has 4 heteroatoms. The minimum Gasteiger partial charge on any atom is -0.494 e. The van der Waals surface area contributed by atoms with E-state index in [0.717, 1.165) is 47.8 Å². The van der Waals surface area contributed by atoms with Crippen molar-refractivity contribution in [2.75, 3.05) is 6.61 Å². The fourth-order valence-electron chi connectivity index (χ4n) is 4.00. The van der Waals surface area contributed by atoms with Gasteiger partial charge in [-0.15, -0.1) is 0 Å². The molecule has 0 aliphatic heterocycles. The van der Waals surface area contributed by atoms with Gasteiger partial charge in [0.2, 0.25) is 0 Å². The average Bonchev–Trinajstić information content (AvgIpc) is 2.96. The molecule has 202 valence electrons. The van der Waals surface area contributed by atoms with E-state index in [9.17, 15) is 4.79 Å². The van der Waals surface area contributed by atoms with Gasteiger partial charge in [0, 0.05) is 0 Å². The molecule has 0 amide bonds. The van der Waals surface area contributed by atoms with Crippen molar-refractivity contribution in [3.05, 3.63) is 90.7 Å². The third-order valence-corrected chi connectivity index (χ3v) is 6.67. The molecule has 0 N–H and O–H groups in total. The zero-order chi connectivity index (χ0) is 27.0. The van der Waals surface area contributed by atoms with Gasteiger partial charge >= 0.3 is 5.97 Å². The summed E-state index contributed by atoms with van der Waals surface area (Å²) in [6.45, 7) is 7.38. The van der Waals surface area contributed by atoms with Gasteiger partial charge in [-0.2, -0.15) is 0 Å². The van der Waals surface area contributed by atoms with E-state index >= 15 is 0 Å². The summed E-state index contributed by atoms with van der Waals surface area (Å²) in [5.74, 6) is 2.42. The first kappa shape index (κ1) is 29.0. The Bertz CT molecular complexity index is 1100. The largest absolute Gasteiger partial charge is 0.494 e. The van der Waals surface area contributed by atoms with Crippen LogP contribution in [0.1, 0.15) is 82.5 Å². The minimum absolute atomic E-state index is 0.388. The molecule has 38 heavy (non-hydrogen) atoms. The maximum Gasteiger partial charge on any atom is 0.343 e.